The summed E-state index contributed by atoms with van der Waals surface area (Å²) in [6.07, 6.45) is 1.27. The Hall–Kier alpha value is -2.88. The van der Waals surface area contributed by atoms with Crippen LogP contribution in [0.15, 0.2) is 57.8 Å². The van der Waals surface area contributed by atoms with Crippen molar-refractivity contribution in [2.45, 2.75) is 37.1 Å². The highest BCUT2D eigenvalue weighted by Gasteiger charge is 2.39. The predicted octanol–water partition coefficient (Wildman–Crippen LogP) is 4.16. The van der Waals surface area contributed by atoms with Gasteiger partial charge in [0.1, 0.15) is 17.6 Å². The zero-order chi connectivity index (χ0) is 23.6. The average molecular weight is 491 g/mol. The number of carbonyl (C=O) groups is 1. The smallest absolute Gasteiger partial charge is 0.322 e. The summed E-state index contributed by atoms with van der Waals surface area (Å²) in [5, 5.41) is 9.43. The number of benzene rings is 2. The lowest BCUT2D eigenvalue weighted by Gasteiger charge is -2.21. The third-order valence-electron chi connectivity index (χ3n) is 5.51. The minimum Gasteiger partial charge on any atom is -0.492 e. The molecule has 1 atom stereocenters. The Balaban J connectivity index is 1.42. The van der Waals surface area contributed by atoms with Crippen LogP contribution >= 0.6 is 11.6 Å². The highest BCUT2D eigenvalue weighted by molar-refractivity contribution is 7.89. The molecule has 1 unspecified atom stereocenters. The molecule has 10 heteroatoms. The Morgan fingerprint density at radius 1 is 1.27 bits per heavy atom. The van der Waals surface area contributed by atoms with Gasteiger partial charge in [0, 0.05) is 18.5 Å². The highest BCUT2D eigenvalue weighted by atomic mass is 35.5. The molecule has 1 aliphatic heterocycles. The van der Waals surface area contributed by atoms with E-state index >= 15 is 0 Å². The monoisotopic (exact) mass is 490 g/mol. The van der Waals surface area contributed by atoms with Gasteiger partial charge in [-0.15, -0.1) is 0 Å². The first kappa shape index (κ1) is 23.3. The first-order chi connectivity index (χ1) is 15.8. The highest BCUT2D eigenvalue weighted by Crippen LogP contribution is 2.32. The van der Waals surface area contributed by atoms with E-state index in [0.717, 1.165) is 15.6 Å². The van der Waals surface area contributed by atoms with Crippen LogP contribution in [0.25, 0.3) is 11.5 Å². The topological polar surface area (TPSA) is 110 Å². The van der Waals surface area contributed by atoms with E-state index < -0.39 is 22.0 Å². The van der Waals surface area contributed by atoms with Crippen LogP contribution < -0.4 is 4.74 Å². The molecule has 0 bridgehead atoms. The van der Waals surface area contributed by atoms with E-state index in [2.05, 4.69) is 4.98 Å². The number of aromatic nitrogens is 1. The molecule has 1 saturated heterocycles. The van der Waals surface area contributed by atoms with E-state index in [-0.39, 0.29) is 29.5 Å². The second-order valence-electron chi connectivity index (χ2n) is 7.69. The molecule has 1 N–H and O–H groups in total. The lowest BCUT2D eigenvalue weighted by Crippen LogP contribution is -2.40. The fraction of sp³-hybridized carbons (Fsp3) is 0.304. The van der Waals surface area contributed by atoms with Gasteiger partial charge in [0.05, 0.1) is 22.2 Å². The van der Waals surface area contributed by atoms with E-state index in [1.54, 1.807) is 0 Å². The Morgan fingerprint density at radius 2 is 2.03 bits per heavy atom. The normalized spacial score (nSPS) is 16.7. The third kappa shape index (κ3) is 4.90. The number of nitrogens with zero attached hydrogens (tertiary/aromatic N) is 2. The molecule has 2 heterocycles. The molecule has 1 aliphatic rings. The number of carboxylic acid groups (broad SMARTS) is 1. The summed E-state index contributed by atoms with van der Waals surface area (Å²) < 4.78 is 38.3. The van der Waals surface area contributed by atoms with E-state index in [1.807, 2.05) is 37.3 Å². The fourth-order valence-corrected chi connectivity index (χ4v) is 5.77. The van der Waals surface area contributed by atoms with Gasteiger partial charge in [-0.25, -0.2) is 13.4 Å². The third-order valence-corrected chi connectivity index (χ3v) is 7.71. The summed E-state index contributed by atoms with van der Waals surface area (Å²) in [6.45, 7) is 2.27. The Kier molecular flexibility index (Phi) is 6.73. The van der Waals surface area contributed by atoms with Crippen LogP contribution in [-0.4, -0.2) is 48.0 Å². The SMILES string of the molecule is Cc1oc(-c2ccccc2)nc1CCOc1ccc(S(=O)(=O)N2CCCC2C(=O)O)cc1Cl. The summed E-state index contributed by atoms with van der Waals surface area (Å²) in [5.41, 5.74) is 1.65. The van der Waals surface area contributed by atoms with Gasteiger partial charge in [-0.05, 0) is 50.1 Å². The van der Waals surface area contributed by atoms with Crippen molar-refractivity contribution in [3.05, 3.63) is 65.0 Å². The van der Waals surface area contributed by atoms with Crippen molar-refractivity contribution in [1.82, 2.24) is 9.29 Å². The summed E-state index contributed by atoms with van der Waals surface area (Å²) >= 11 is 6.28. The number of hydrogen-bond donors (Lipinski definition) is 1. The van der Waals surface area contributed by atoms with Crippen LogP contribution in [0.3, 0.4) is 0 Å². The predicted molar refractivity (Wildman–Crippen MR) is 122 cm³/mol. The molecule has 174 valence electrons. The molecule has 3 aromatic rings. The van der Waals surface area contributed by atoms with Crippen molar-refractivity contribution in [3.63, 3.8) is 0 Å². The molecule has 8 nitrogen and oxygen atoms in total. The van der Waals surface area contributed by atoms with Crippen molar-refractivity contribution >= 4 is 27.6 Å². The minimum absolute atomic E-state index is 0.0622. The number of sulfonamides is 1. The summed E-state index contributed by atoms with van der Waals surface area (Å²) in [4.78, 5) is 15.9. The van der Waals surface area contributed by atoms with Gasteiger partial charge in [-0.2, -0.15) is 4.31 Å². The maximum Gasteiger partial charge on any atom is 0.322 e. The molecule has 0 amide bonds. The Labute approximate surface area is 196 Å². The van der Waals surface area contributed by atoms with Gasteiger partial charge in [0.2, 0.25) is 15.9 Å². The van der Waals surface area contributed by atoms with Crippen LogP contribution in [0.5, 0.6) is 5.75 Å². The van der Waals surface area contributed by atoms with Gasteiger partial charge in [-0.1, -0.05) is 29.8 Å². The van der Waals surface area contributed by atoms with Gasteiger partial charge < -0.3 is 14.3 Å². The summed E-state index contributed by atoms with van der Waals surface area (Å²) in [5.74, 6) is 0.415. The molecule has 33 heavy (non-hydrogen) atoms. The van der Waals surface area contributed by atoms with Crippen LogP contribution in [0.2, 0.25) is 5.02 Å². The maximum atomic E-state index is 12.9. The summed E-state index contributed by atoms with van der Waals surface area (Å²) in [7, 11) is -3.97. The van der Waals surface area contributed by atoms with E-state index in [0.29, 0.717) is 30.2 Å². The quantitative estimate of drug-likeness (QED) is 0.504. The van der Waals surface area contributed by atoms with Crippen LogP contribution in [0, 0.1) is 6.92 Å². The zero-order valence-electron chi connectivity index (χ0n) is 17.9. The Morgan fingerprint density at radius 3 is 2.73 bits per heavy atom. The molecular weight excluding hydrogens is 468 g/mol. The van der Waals surface area contributed by atoms with Gasteiger partial charge in [-0.3, -0.25) is 4.79 Å². The first-order valence-electron chi connectivity index (χ1n) is 10.5. The van der Waals surface area contributed by atoms with E-state index in [4.69, 9.17) is 20.8 Å². The number of rotatable bonds is 8. The number of hydrogen-bond acceptors (Lipinski definition) is 6. The fourth-order valence-electron chi connectivity index (χ4n) is 3.79. The average Bonchev–Trinajstić information content (AvgIpc) is 3.43. The van der Waals surface area contributed by atoms with E-state index in [9.17, 15) is 18.3 Å². The zero-order valence-corrected chi connectivity index (χ0v) is 19.5. The van der Waals surface area contributed by atoms with Crippen molar-refractivity contribution < 1.29 is 27.5 Å². The molecule has 1 aromatic heterocycles. The van der Waals surface area contributed by atoms with Gasteiger partial charge in [0.25, 0.3) is 0 Å². The van der Waals surface area contributed by atoms with Crippen LogP contribution in [0.4, 0.5) is 0 Å². The lowest BCUT2D eigenvalue weighted by molar-refractivity contribution is -0.140. The number of ether oxygens (including phenoxy) is 1. The van der Waals surface area contributed by atoms with Crippen molar-refractivity contribution in [2.75, 3.05) is 13.2 Å². The van der Waals surface area contributed by atoms with Crippen molar-refractivity contribution in [1.29, 1.82) is 0 Å². The molecule has 4 rings (SSSR count). The largest absolute Gasteiger partial charge is 0.492 e. The standard InChI is InChI=1S/C23H23ClN2O6S/c1-15-19(25-22(32-15)16-6-3-2-4-7-16)11-13-31-21-10-9-17(14-18(21)24)33(29,30)26-12-5-8-20(26)23(27)28/h2-4,6-7,9-10,14,20H,5,8,11-13H2,1H3,(H,27,28). The van der Waals surface area contributed by atoms with Crippen molar-refractivity contribution in [3.8, 4) is 17.2 Å². The molecule has 0 saturated carbocycles. The molecule has 0 aliphatic carbocycles. The lowest BCUT2D eigenvalue weighted by atomic mass is 10.2. The number of aryl methyl sites for hydroxylation is 1. The molecule has 0 radical (unpaired) electrons. The molecule has 2 aromatic carbocycles. The first-order valence-corrected chi connectivity index (χ1v) is 12.3. The van der Waals surface area contributed by atoms with Gasteiger partial charge >= 0.3 is 5.97 Å². The van der Waals surface area contributed by atoms with Crippen LogP contribution in [0.1, 0.15) is 24.3 Å². The maximum absolute atomic E-state index is 12.9. The number of oxazole rings is 1. The van der Waals surface area contributed by atoms with Crippen molar-refractivity contribution in [2.24, 2.45) is 0 Å². The number of carboxylic acids is 1. The molecular formula is C23H23ClN2O6S. The van der Waals surface area contributed by atoms with Gasteiger partial charge in [0.15, 0.2) is 0 Å². The number of aliphatic carboxylic acids is 1. The van der Waals surface area contributed by atoms with E-state index in [1.165, 1.54) is 18.2 Å². The minimum atomic E-state index is -3.97. The molecule has 1 fully saturated rings. The molecule has 0 spiro atoms. The second kappa shape index (κ2) is 9.54. The van der Waals surface area contributed by atoms with Crippen LogP contribution in [-0.2, 0) is 21.2 Å². The Bertz CT molecular complexity index is 1260. The second-order valence-corrected chi connectivity index (χ2v) is 9.99. The number of halogens is 1. The summed E-state index contributed by atoms with van der Waals surface area (Å²) in [6, 6.07) is 12.7.